The Hall–Kier alpha value is -1.22. The van der Waals surface area contributed by atoms with Gasteiger partial charge in [-0.2, -0.15) is 0 Å². The molecule has 3 nitrogen and oxygen atoms in total. The molecule has 0 saturated carbocycles. The zero-order valence-corrected chi connectivity index (χ0v) is 7.84. The minimum atomic E-state index is -0.264. The third kappa shape index (κ3) is 2.63. The summed E-state index contributed by atoms with van der Waals surface area (Å²) in [6.45, 7) is 1.37. The Morgan fingerprint density at radius 1 is 1.54 bits per heavy atom. The van der Waals surface area contributed by atoms with Crippen molar-refractivity contribution >= 4 is 23.2 Å². The zero-order chi connectivity index (χ0) is 9.84. The van der Waals surface area contributed by atoms with E-state index >= 15 is 0 Å². The molecule has 0 amide bonds. The van der Waals surface area contributed by atoms with E-state index < -0.39 is 0 Å². The first kappa shape index (κ1) is 9.86. The minimum Gasteiger partial charge on any atom is -0.300 e. The first-order valence-electron chi connectivity index (χ1n) is 3.73. The average Bonchev–Trinajstić information content (AvgIpc) is 2.03. The fourth-order valence-electron chi connectivity index (χ4n) is 0.923. The van der Waals surface area contributed by atoms with Crippen LogP contribution in [0.15, 0.2) is 18.5 Å². The molecule has 0 aromatic carbocycles. The Morgan fingerprint density at radius 2 is 2.23 bits per heavy atom. The van der Waals surface area contributed by atoms with E-state index in [4.69, 9.17) is 11.6 Å². The van der Waals surface area contributed by atoms with Crippen LogP contribution in [0.5, 0.6) is 0 Å². The molecule has 1 aromatic heterocycles. The summed E-state index contributed by atoms with van der Waals surface area (Å²) in [6, 6.07) is 1.51. The summed E-state index contributed by atoms with van der Waals surface area (Å²) in [6.07, 6.45) is 2.75. The molecule has 0 radical (unpaired) electrons. The highest BCUT2D eigenvalue weighted by Crippen LogP contribution is 2.15. The van der Waals surface area contributed by atoms with Crippen molar-refractivity contribution in [3.8, 4) is 0 Å². The third-order valence-electron chi connectivity index (χ3n) is 1.48. The fourth-order valence-corrected chi connectivity index (χ4v) is 1.15. The Morgan fingerprint density at radius 3 is 2.77 bits per heavy atom. The van der Waals surface area contributed by atoms with E-state index in [0.29, 0.717) is 5.56 Å². The Kier molecular flexibility index (Phi) is 3.14. The van der Waals surface area contributed by atoms with Crippen LogP contribution in [0.3, 0.4) is 0 Å². The molecule has 0 aliphatic carbocycles. The van der Waals surface area contributed by atoms with Gasteiger partial charge in [-0.25, -0.2) is 0 Å². The summed E-state index contributed by atoms with van der Waals surface area (Å²) < 4.78 is 0. The van der Waals surface area contributed by atoms with E-state index in [1.165, 1.54) is 25.4 Å². The molecular weight excluding hydrogens is 190 g/mol. The van der Waals surface area contributed by atoms with E-state index in [1.54, 1.807) is 0 Å². The number of halogens is 1. The van der Waals surface area contributed by atoms with Gasteiger partial charge >= 0.3 is 0 Å². The molecule has 0 saturated heterocycles. The molecule has 0 aliphatic rings. The molecule has 0 aliphatic heterocycles. The van der Waals surface area contributed by atoms with Crippen LogP contribution in [0.4, 0.5) is 0 Å². The monoisotopic (exact) mass is 197 g/mol. The van der Waals surface area contributed by atoms with Gasteiger partial charge in [0.25, 0.3) is 0 Å². The summed E-state index contributed by atoms with van der Waals surface area (Å²) in [5.41, 5.74) is 0.354. The summed E-state index contributed by atoms with van der Waals surface area (Å²) in [7, 11) is 0. The van der Waals surface area contributed by atoms with Crippen molar-refractivity contribution in [3.05, 3.63) is 29.0 Å². The number of hydrogen-bond donors (Lipinski definition) is 0. The maximum atomic E-state index is 11.3. The average molecular weight is 198 g/mol. The Bertz CT molecular complexity index is 349. The largest absolute Gasteiger partial charge is 0.300 e. The van der Waals surface area contributed by atoms with Gasteiger partial charge in [-0.3, -0.25) is 14.6 Å². The van der Waals surface area contributed by atoms with E-state index in [1.807, 2.05) is 0 Å². The zero-order valence-electron chi connectivity index (χ0n) is 7.08. The van der Waals surface area contributed by atoms with Crippen LogP contribution in [0, 0.1) is 0 Å². The molecule has 1 rings (SSSR count). The number of carbonyl (C=O) groups excluding carboxylic acids is 2. The number of rotatable bonds is 3. The van der Waals surface area contributed by atoms with Gasteiger partial charge < -0.3 is 0 Å². The van der Waals surface area contributed by atoms with Crippen LogP contribution >= 0.6 is 11.6 Å². The number of Topliss-reactive ketones (excluding diaryl/α,β-unsaturated/α-hetero) is 2. The van der Waals surface area contributed by atoms with Crippen LogP contribution in [0.2, 0.25) is 5.02 Å². The van der Waals surface area contributed by atoms with E-state index in [2.05, 4.69) is 4.98 Å². The van der Waals surface area contributed by atoms with Gasteiger partial charge in [0.15, 0.2) is 5.78 Å². The predicted molar refractivity (Wildman–Crippen MR) is 48.9 cm³/mol. The molecule has 0 N–H and O–H groups in total. The smallest absolute Gasteiger partial charge is 0.171 e. The number of carbonyl (C=O) groups is 2. The molecule has 4 heteroatoms. The molecule has 1 heterocycles. The van der Waals surface area contributed by atoms with Crippen molar-refractivity contribution in [1.82, 2.24) is 4.98 Å². The van der Waals surface area contributed by atoms with E-state index in [9.17, 15) is 9.59 Å². The van der Waals surface area contributed by atoms with Gasteiger partial charge in [0.05, 0.1) is 11.4 Å². The highest BCUT2D eigenvalue weighted by atomic mass is 35.5. The van der Waals surface area contributed by atoms with Gasteiger partial charge in [-0.05, 0) is 13.0 Å². The molecule has 1 aromatic rings. The van der Waals surface area contributed by atoms with Crippen molar-refractivity contribution in [2.24, 2.45) is 0 Å². The van der Waals surface area contributed by atoms with Crippen LogP contribution < -0.4 is 0 Å². The topological polar surface area (TPSA) is 47.0 Å². The Balaban J connectivity index is 2.89. The summed E-state index contributed by atoms with van der Waals surface area (Å²) in [5.74, 6) is -0.433. The SMILES string of the molecule is CC(=O)CC(=O)c1ccncc1Cl. The van der Waals surface area contributed by atoms with Gasteiger partial charge in [-0.15, -0.1) is 0 Å². The second kappa shape index (κ2) is 4.14. The maximum absolute atomic E-state index is 11.3. The van der Waals surface area contributed by atoms with Crippen molar-refractivity contribution in [3.63, 3.8) is 0 Å². The highest BCUT2D eigenvalue weighted by molar-refractivity contribution is 6.34. The van der Waals surface area contributed by atoms with E-state index in [0.717, 1.165) is 0 Å². The predicted octanol–water partition coefficient (Wildman–Crippen LogP) is 1.90. The lowest BCUT2D eigenvalue weighted by molar-refractivity contribution is -0.116. The number of nitrogens with zero attached hydrogens (tertiary/aromatic N) is 1. The lowest BCUT2D eigenvalue weighted by Crippen LogP contribution is -2.05. The first-order chi connectivity index (χ1) is 6.11. The molecule has 0 unspecified atom stereocenters. The third-order valence-corrected chi connectivity index (χ3v) is 1.78. The van der Waals surface area contributed by atoms with Gasteiger partial charge in [0, 0.05) is 18.0 Å². The summed E-state index contributed by atoms with van der Waals surface area (Å²) in [4.78, 5) is 25.7. The summed E-state index contributed by atoms with van der Waals surface area (Å²) >= 11 is 5.71. The summed E-state index contributed by atoms with van der Waals surface area (Å²) in [5, 5.41) is 0.286. The van der Waals surface area contributed by atoms with Crippen LogP contribution in [-0.2, 0) is 4.79 Å². The molecule has 0 atom stereocenters. The highest BCUT2D eigenvalue weighted by Gasteiger charge is 2.11. The normalized spacial score (nSPS) is 9.69. The van der Waals surface area contributed by atoms with Gasteiger partial charge in [-0.1, -0.05) is 11.6 Å². The van der Waals surface area contributed by atoms with Crippen LogP contribution in [-0.4, -0.2) is 16.6 Å². The van der Waals surface area contributed by atoms with Crippen molar-refractivity contribution in [1.29, 1.82) is 0 Å². The van der Waals surface area contributed by atoms with Crippen molar-refractivity contribution < 1.29 is 9.59 Å². The van der Waals surface area contributed by atoms with Crippen molar-refractivity contribution in [2.75, 3.05) is 0 Å². The van der Waals surface area contributed by atoms with Gasteiger partial charge in [0.2, 0.25) is 0 Å². The van der Waals surface area contributed by atoms with Gasteiger partial charge in [0.1, 0.15) is 5.78 Å². The second-order valence-corrected chi connectivity index (χ2v) is 3.06. The molecule has 68 valence electrons. The first-order valence-corrected chi connectivity index (χ1v) is 4.11. The number of pyridine rings is 1. The molecule has 0 bridgehead atoms. The number of aromatic nitrogens is 1. The van der Waals surface area contributed by atoms with Crippen molar-refractivity contribution in [2.45, 2.75) is 13.3 Å². The van der Waals surface area contributed by atoms with Crippen LogP contribution in [0.25, 0.3) is 0 Å². The molecule has 13 heavy (non-hydrogen) atoms. The lowest BCUT2D eigenvalue weighted by atomic mass is 10.1. The number of hydrogen-bond acceptors (Lipinski definition) is 3. The molecular formula is C9H8ClNO2. The molecule has 0 spiro atoms. The minimum absolute atomic E-state index is 0.107. The lowest BCUT2D eigenvalue weighted by Gasteiger charge is -1.99. The molecule has 0 fully saturated rings. The maximum Gasteiger partial charge on any atom is 0.171 e. The fraction of sp³-hybridized carbons (Fsp3) is 0.222. The number of ketones is 2. The Labute approximate surface area is 80.7 Å². The second-order valence-electron chi connectivity index (χ2n) is 2.66. The van der Waals surface area contributed by atoms with Crippen LogP contribution in [0.1, 0.15) is 23.7 Å². The van der Waals surface area contributed by atoms with E-state index in [-0.39, 0.29) is 23.0 Å². The standard InChI is InChI=1S/C9H8ClNO2/c1-6(12)4-9(13)7-2-3-11-5-8(7)10/h2-3,5H,4H2,1H3. The quantitative estimate of drug-likeness (QED) is 0.549.